The van der Waals surface area contributed by atoms with Crippen molar-refractivity contribution < 1.29 is 19.1 Å². The van der Waals surface area contributed by atoms with Crippen molar-refractivity contribution in [3.8, 4) is 11.5 Å². The third kappa shape index (κ3) is 5.79. The fourth-order valence-corrected chi connectivity index (χ4v) is 5.70. The minimum atomic E-state index is -0.528. The third-order valence-corrected chi connectivity index (χ3v) is 7.88. The zero-order valence-electron chi connectivity index (χ0n) is 20.5. The fourth-order valence-electron chi connectivity index (χ4n) is 4.20. The summed E-state index contributed by atoms with van der Waals surface area (Å²) in [6.45, 7) is 2.65. The second-order valence-electron chi connectivity index (χ2n) is 8.58. The monoisotopic (exact) mass is 524 g/mol. The van der Waals surface area contributed by atoms with Crippen LogP contribution < -0.4 is 19.7 Å². The van der Waals surface area contributed by atoms with Gasteiger partial charge in [-0.3, -0.25) is 9.59 Å². The molecule has 8 heteroatoms. The molecule has 4 rings (SSSR count). The van der Waals surface area contributed by atoms with E-state index in [1.54, 1.807) is 19.1 Å². The summed E-state index contributed by atoms with van der Waals surface area (Å²) in [5.41, 5.74) is 2.80. The summed E-state index contributed by atoms with van der Waals surface area (Å²) >= 11 is 7.62. The number of thioether (sulfide) groups is 1. The van der Waals surface area contributed by atoms with Crippen LogP contribution in [0, 0.1) is 5.92 Å². The van der Waals surface area contributed by atoms with E-state index in [-0.39, 0.29) is 11.8 Å². The molecular weight excluding hydrogens is 496 g/mol. The Labute approximate surface area is 220 Å². The quantitative estimate of drug-likeness (QED) is 0.408. The number of hydrogen-bond donors (Lipinski definition) is 1. The number of nitrogens with zero attached hydrogens (tertiary/aromatic N) is 1. The van der Waals surface area contributed by atoms with E-state index in [4.69, 9.17) is 21.1 Å². The van der Waals surface area contributed by atoms with Crippen LogP contribution in [0.5, 0.6) is 11.5 Å². The van der Waals surface area contributed by atoms with Crippen LogP contribution >= 0.6 is 23.4 Å². The Morgan fingerprint density at radius 2 is 1.81 bits per heavy atom. The van der Waals surface area contributed by atoms with Gasteiger partial charge in [-0.25, -0.2) is 0 Å². The van der Waals surface area contributed by atoms with Crippen LogP contribution in [0.3, 0.4) is 0 Å². The van der Waals surface area contributed by atoms with Gasteiger partial charge >= 0.3 is 0 Å². The molecule has 3 aromatic rings. The topological polar surface area (TPSA) is 67.9 Å². The van der Waals surface area contributed by atoms with E-state index in [2.05, 4.69) is 5.32 Å². The fraction of sp³-hybridized carbons (Fsp3) is 0.286. The minimum absolute atomic E-state index is 0.0822. The maximum atomic E-state index is 13.6. The van der Waals surface area contributed by atoms with E-state index in [0.717, 1.165) is 21.7 Å². The maximum Gasteiger partial charge on any atom is 0.241 e. The molecule has 1 N–H and O–H groups in total. The number of hydrogen-bond acceptors (Lipinski definition) is 5. The Bertz CT molecular complexity index is 1250. The number of halogens is 1. The van der Waals surface area contributed by atoms with Crippen LogP contribution in [0.2, 0.25) is 5.02 Å². The van der Waals surface area contributed by atoms with Gasteiger partial charge in [0.05, 0.1) is 32.4 Å². The number of rotatable bonds is 9. The number of fused-ring (bicyclic) bond motifs is 1. The smallest absolute Gasteiger partial charge is 0.241 e. The predicted molar refractivity (Wildman–Crippen MR) is 144 cm³/mol. The van der Waals surface area contributed by atoms with Gasteiger partial charge in [-0.2, -0.15) is 0 Å². The predicted octanol–water partition coefficient (Wildman–Crippen LogP) is 5.36. The summed E-state index contributed by atoms with van der Waals surface area (Å²) in [7, 11) is 3.19. The van der Waals surface area contributed by atoms with Gasteiger partial charge in [-0.15, -0.1) is 11.8 Å². The molecule has 36 heavy (non-hydrogen) atoms. The largest absolute Gasteiger partial charge is 0.493 e. The van der Waals surface area contributed by atoms with E-state index < -0.39 is 11.2 Å². The number of carbonyl (C=O) groups excluding carboxylic acids is 2. The highest BCUT2D eigenvalue weighted by Crippen LogP contribution is 2.42. The van der Waals surface area contributed by atoms with Crippen molar-refractivity contribution in [2.75, 3.05) is 25.7 Å². The number of amides is 2. The highest BCUT2D eigenvalue weighted by atomic mass is 35.5. The first kappa shape index (κ1) is 25.9. The first-order valence-corrected chi connectivity index (χ1v) is 13.0. The van der Waals surface area contributed by atoms with Crippen molar-refractivity contribution in [2.24, 2.45) is 5.92 Å². The lowest BCUT2D eigenvalue weighted by Gasteiger charge is -2.35. The molecule has 1 heterocycles. The molecule has 3 aromatic carbocycles. The molecule has 1 aliphatic heterocycles. The van der Waals surface area contributed by atoms with Gasteiger partial charge < -0.3 is 19.7 Å². The van der Waals surface area contributed by atoms with E-state index in [1.807, 2.05) is 73.7 Å². The molecule has 0 spiro atoms. The summed E-state index contributed by atoms with van der Waals surface area (Å²) < 4.78 is 10.6. The number of benzene rings is 3. The molecule has 2 atom stereocenters. The highest BCUT2D eigenvalue weighted by molar-refractivity contribution is 8.01. The van der Waals surface area contributed by atoms with Crippen LogP contribution in [0.4, 0.5) is 5.69 Å². The zero-order chi connectivity index (χ0) is 25.7. The Morgan fingerprint density at radius 1 is 1.03 bits per heavy atom. The average Bonchev–Trinajstić information content (AvgIpc) is 2.89. The van der Waals surface area contributed by atoms with Crippen LogP contribution in [-0.2, 0) is 22.6 Å². The standard InChI is InChI=1S/C28H29ClN2O4S/c1-18(27(32)30-14-13-19-11-12-23(34-2)24(16-19)35-3)26-28(33)31(17-20-7-6-8-21(29)15-20)22-9-4-5-10-25(22)36-26/h4-12,15-16,18,26H,13-14,17H2,1-3H3,(H,30,32). The SMILES string of the molecule is COc1ccc(CCNC(=O)C(C)C2Sc3ccccc3N(Cc3cccc(Cl)c3)C2=O)cc1OC. The van der Waals surface area contributed by atoms with Gasteiger partial charge in [-0.1, -0.05) is 48.9 Å². The molecule has 0 saturated carbocycles. The van der Waals surface area contributed by atoms with Crippen molar-refractivity contribution in [1.82, 2.24) is 5.32 Å². The van der Waals surface area contributed by atoms with Crippen molar-refractivity contribution in [3.63, 3.8) is 0 Å². The van der Waals surface area contributed by atoms with Gasteiger partial charge in [0.2, 0.25) is 11.8 Å². The van der Waals surface area contributed by atoms with Gasteiger partial charge in [0.1, 0.15) is 5.25 Å². The van der Waals surface area contributed by atoms with Gasteiger partial charge in [0, 0.05) is 16.5 Å². The number of ether oxygens (including phenoxy) is 2. The molecule has 2 unspecified atom stereocenters. The molecule has 0 bridgehead atoms. The van der Waals surface area contributed by atoms with Crippen molar-refractivity contribution in [3.05, 3.63) is 82.9 Å². The highest BCUT2D eigenvalue weighted by Gasteiger charge is 2.39. The summed E-state index contributed by atoms with van der Waals surface area (Å²) in [4.78, 5) is 29.4. The van der Waals surface area contributed by atoms with Crippen molar-refractivity contribution >= 4 is 40.9 Å². The average molecular weight is 525 g/mol. The lowest BCUT2D eigenvalue weighted by atomic mass is 10.0. The number of para-hydroxylation sites is 1. The molecule has 0 saturated heterocycles. The maximum absolute atomic E-state index is 13.6. The molecule has 0 radical (unpaired) electrons. The summed E-state index contributed by atoms with van der Waals surface area (Å²) in [5, 5.41) is 3.09. The number of nitrogens with one attached hydrogen (secondary N) is 1. The van der Waals surface area contributed by atoms with Crippen LogP contribution in [0.15, 0.2) is 71.6 Å². The minimum Gasteiger partial charge on any atom is -0.493 e. The van der Waals surface area contributed by atoms with Crippen molar-refractivity contribution in [1.29, 1.82) is 0 Å². The van der Waals surface area contributed by atoms with Gasteiger partial charge in [0.25, 0.3) is 0 Å². The zero-order valence-corrected chi connectivity index (χ0v) is 22.1. The Morgan fingerprint density at radius 3 is 2.56 bits per heavy atom. The Kier molecular flexibility index (Phi) is 8.44. The van der Waals surface area contributed by atoms with Crippen molar-refractivity contribution in [2.45, 2.75) is 30.0 Å². The Balaban J connectivity index is 1.44. The molecular formula is C28H29ClN2O4S. The summed E-state index contributed by atoms with van der Waals surface area (Å²) in [6.07, 6.45) is 0.633. The van der Waals surface area contributed by atoms with E-state index in [9.17, 15) is 9.59 Å². The third-order valence-electron chi connectivity index (χ3n) is 6.18. The summed E-state index contributed by atoms with van der Waals surface area (Å²) in [6, 6.07) is 21.0. The summed E-state index contributed by atoms with van der Waals surface area (Å²) in [5.74, 6) is 0.569. The van der Waals surface area contributed by atoms with Crippen LogP contribution in [0.25, 0.3) is 0 Å². The lowest BCUT2D eigenvalue weighted by Crippen LogP contribution is -2.47. The molecule has 0 aromatic heterocycles. The molecule has 2 amide bonds. The Hall–Kier alpha value is -3.16. The molecule has 188 valence electrons. The van der Waals surface area contributed by atoms with Gasteiger partial charge in [0.15, 0.2) is 11.5 Å². The second kappa shape index (κ2) is 11.7. The van der Waals surface area contributed by atoms with Crippen LogP contribution in [-0.4, -0.2) is 37.8 Å². The normalized spacial score (nSPS) is 15.7. The van der Waals surface area contributed by atoms with Crippen LogP contribution in [0.1, 0.15) is 18.1 Å². The molecule has 1 aliphatic rings. The lowest BCUT2D eigenvalue weighted by molar-refractivity contribution is -0.128. The number of carbonyl (C=O) groups is 2. The second-order valence-corrected chi connectivity index (χ2v) is 10.2. The molecule has 0 aliphatic carbocycles. The molecule has 0 fully saturated rings. The number of methoxy groups -OCH3 is 2. The van der Waals surface area contributed by atoms with E-state index in [1.165, 1.54) is 11.8 Å². The molecule has 6 nitrogen and oxygen atoms in total. The van der Waals surface area contributed by atoms with Gasteiger partial charge in [-0.05, 0) is 53.9 Å². The van der Waals surface area contributed by atoms with E-state index >= 15 is 0 Å². The first-order chi connectivity index (χ1) is 17.4. The van der Waals surface area contributed by atoms with E-state index in [0.29, 0.717) is 36.0 Å². The first-order valence-electron chi connectivity index (χ1n) is 11.7. The number of anilines is 1.